The van der Waals surface area contributed by atoms with Gasteiger partial charge in [0.1, 0.15) is 0 Å². The van der Waals surface area contributed by atoms with E-state index in [1.54, 1.807) is 18.2 Å². The summed E-state index contributed by atoms with van der Waals surface area (Å²) < 4.78 is 26.1. The average molecular weight is 333 g/mol. The molecule has 0 aliphatic heterocycles. The van der Waals surface area contributed by atoms with Crippen molar-refractivity contribution in [3.63, 3.8) is 0 Å². The molecule has 0 saturated carbocycles. The summed E-state index contributed by atoms with van der Waals surface area (Å²) in [6.07, 6.45) is 0.853. The summed E-state index contributed by atoms with van der Waals surface area (Å²) in [6.45, 7) is 0. The first-order valence-corrected chi connectivity index (χ1v) is 8.21. The van der Waals surface area contributed by atoms with E-state index in [0.29, 0.717) is 9.36 Å². The second kappa shape index (κ2) is 5.17. The molecule has 8 heteroatoms. The van der Waals surface area contributed by atoms with Gasteiger partial charge >= 0.3 is 5.69 Å². The van der Waals surface area contributed by atoms with Gasteiger partial charge in [-0.2, -0.15) is 3.97 Å². The number of nitrogens with zero attached hydrogens (tertiary/aromatic N) is 2. The number of nitrogens with one attached hydrogen (secondary N) is 1. The van der Waals surface area contributed by atoms with Crippen LogP contribution in [0, 0.1) is 0 Å². The Balaban J connectivity index is 2.35. The van der Waals surface area contributed by atoms with Crippen LogP contribution in [0.3, 0.4) is 0 Å². The van der Waals surface area contributed by atoms with E-state index in [-0.39, 0.29) is 4.90 Å². The van der Waals surface area contributed by atoms with E-state index in [9.17, 15) is 18.3 Å². The molecule has 0 amide bonds. The molecule has 3 rings (SSSR count). The van der Waals surface area contributed by atoms with Gasteiger partial charge in [-0.1, -0.05) is 24.3 Å². The number of anilines is 1. The number of fused-ring (bicyclic) bond motifs is 1. The Bertz CT molecular complexity index is 1050. The van der Waals surface area contributed by atoms with Crippen molar-refractivity contribution in [3.05, 3.63) is 53.1 Å². The normalized spacial score (nSPS) is 11.7. The zero-order valence-corrected chi connectivity index (χ0v) is 13.3. The fourth-order valence-electron chi connectivity index (χ4n) is 2.53. The Morgan fingerprint density at radius 1 is 1.09 bits per heavy atom. The van der Waals surface area contributed by atoms with E-state index in [0.717, 1.165) is 17.3 Å². The largest absolute Gasteiger partial charge is 0.493 e. The van der Waals surface area contributed by atoms with Crippen molar-refractivity contribution < 1.29 is 13.5 Å². The van der Waals surface area contributed by atoms with E-state index in [1.807, 2.05) is 36.1 Å². The molecule has 0 bridgehead atoms. The van der Waals surface area contributed by atoms with Crippen LogP contribution in [0.4, 0.5) is 5.69 Å². The molecular weight excluding hydrogens is 318 g/mol. The van der Waals surface area contributed by atoms with Gasteiger partial charge in [-0.25, -0.2) is 13.2 Å². The van der Waals surface area contributed by atoms with Gasteiger partial charge in [0.05, 0.1) is 11.1 Å². The molecule has 0 saturated heterocycles. The number of rotatable bonds is 3. The van der Waals surface area contributed by atoms with Crippen molar-refractivity contribution in [2.75, 3.05) is 19.0 Å². The van der Waals surface area contributed by atoms with Crippen LogP contribution < -0.4 is 10.6 Å². The topological polar surface area (TPSA) is 95.4 Å². The molecule has 2 N–H and O–H groups in total. The Labute approximate surface area is 132 Å². The summed E-state index contributed by atoms with van der Waals surface area (Å²) in [5.74, 6) is -0.507. The zero-order chi connectivity index (χ0) is 16.8. The molecule has 0 spiro atoms. The molecule has 1 aromatic heterocycles. The van der Waals surface area contributed by atoms with Gasteiger partial charge in [-0.3, -0.25) is 4.98 Å². The van der Waals surface area contributed by atoms with Gasteiger partial charge in [0.15, 0.2) is 0 Å². The lowest BCUT2D eigenvalue weighted by atomic mass is 10.1. The highest BCUT2D eigenvalue weighted by Gasteiger charge is 2.23. The molecule has 23 heavy (non-hydrogen) atoms. The molecule has 1 heterocycles. The standard InChI is InChI=1S/C15H15N3O4S/c1-17(2)12-7-3-6-11-10(12)5-4-8-13(11)23(21,22)18-9-14(19)16-15(18)20/h3-9,19H,1-2H3,(H,16,20). The highest BCUT2D eigenvalue weighted by Crippen LogP contribution is 2.30. The van der Waals surface area contributed by atoms with E-state index in [4.69, 9.17) is 0 Å². The van der Waals surface area contributed by atoms with Gasteiger partial charge in [-0.05, 0) is 12.1 Å². The first kappa shape index (κ1) is 15.2. The molecule has 7 nitrogen and oxygen atoms in total. The van der Waals surface area contributed by atoms with E-state index in [2.05, 4.69) is 0 Å². The fourth-order valence-corrected chi connectivity index (χ4v) is 3.95. The number of aromatic nitrogens is 2. The lowest BCUT2D eigenvalue weighted by Crippen LogP contribution is -2.24. The van der Waals surface area contributed by atoms with Gasteiger partial charge in [-0.15, -0.1) is 0 Å². The zero-order valence-electron chi connectivity index (χ0n) is 12.5. The lowest BCUT2D eigenvalue weighted by molar-refractivity contribution is 0.455. The molecule has 0 aliphatic rings. The van der Waals surface area contributed by atoms with Crippen molar-refractivity contribution in [1.29, 1.82) is 0 Å². The summed E-state index contributed by atoms with van der Waals surface area (Å²) in [5.41, 5.74) is -0.0490. The number of aromatic amines is 1. The Morgan fingerprint density at radius 2 is 1.74 bits per heavy atom. The van der Waals surface area contributed by atoms with Crippen LogP contribution in [0.2, 0.25) is 0 Å². The lowest BCUT2D eigenvalue weighted by Gasteiger charge is -2.16. The quantitative estimate of drug-likeness (QED) is 0.754. The summed E-state index contributed by atoms with van der Waals surface area (Å²) in [6, 6.07) is 10.2. The second-order valence-electron chi connectivity index (χ2n) is 5.27. The minimum absolute atomic E-state index is 0.000185. The van der Waals surface area contributed by atoms with Gasteiger partial charge in [0.2, 0.25) is 5.88 Å². The third kappa shape index (κ3) is 2.36. The van der Waals surface area contributed by atoms with E-state index >= 15 is 0 Å². The molecule has 0 fully saturated rings. The fraction of sp³-hybridized carbons (Fsp3) is 0.133. The molecule has 2 aromatic carbocycles. The molecule has 0 unspecified atom stereocenters. The summed E-state index contributed by atoms with van der Waals surface area (Å²) in [5, 5.41) is 10.6. The van der Waals surface area contributed by atoms with Crippen molar-refractivity contribution >= 4 is 26.5 Å². The average Bonchev–Trinajstić information content (AvgIpc) is 2.85. The van der Waals surface area contributed by atoms with Crippen molar-refractivity contribution in [2.45, 2.75) is 4.90 Å². The maximum atomic E-state index is 12.8. The minimum Gasteiger partial charge on any atom is -0.493 e. The third-order valence-electron chi connectivity index (χ3n) is 3.55. The molecule has 120 valence electrons. The monoisotopic (exact) mass is 333 g/mol. The molecule has 3 aromatic rings. The Hall–Kier alpha value is -2.74. The van der Waals surface area contributed by atoms with Gasteiger partial charge in [0.25, 0.3) is 10.0 Å². The van der Waals surface area contributed by atoms with Crippen LogP contribution in [0.5, 0.6) is 5.88 Å². The molecule has 0 radical (unpaired) electrons. The van der Waals surface area contributed by atoms with Crippen LogP contribution in [-0.4, -0.2) is 36.6 Å². The number of benzene rings is 2. The number of aromatic hydroxyl groups is 1. The van der Waals surface area contributed by atoms with Gasteiger partial charge in [0, 0.05) is 30.6 Å². The molecular formula is C15H15N3O4S. The predicted octanol–water partition coefficient (Wildman–Crippen LogP) is 1.34. The van der Waals surface area contributed by atoms with Crippen molar-refractivity contribution in [1.82, 2.24) is 8.96 Å². The maximum absolute atomic E-state index is 12.8. The van der Waals surface area contributed by atoms with Crippen LogP contribution in [-0.2, 0) is 10.0 Å². The van der Waals surface area contributed by atoms with E-state index in [1.165, 1.54) is 6.07 Å². The molecule has 0 atom stereocenters. The first-order chi connectivity index (χ1) is 10.8. The summed E-state index contributed by atoms with van der Waals surface area (Å²) >= 11 is 0. The Morgan fingerprint density at radius 3 is 2.35 bits per heavy atom. The number of hydrogen-bond donors (Lipinski definition) is 2. The summed E-state index contributed by atoms with van der Waals surface area (Å²) in [7, 11) is -0.392. The number of hydrogen-bond acceptors (Lipinski definition) is 5. The van der Waals surface area contributed by atoms with Crippen LogP contribution >= 0.6 is 0 Å². The van der Waals surface area contributed by atoms with Crippen LogP contribution in [0.1, 0.15) is 0 Å². The van der Waals surface area contributed by atoms with Gasteiger partial charge < -0.3 is 10.0 Å². The maximum Gasteiger partial charge on any atom is 0.342 e. The minimum atomic E-state index is -4.12. The number of imidazole rings is 1. The number of H-pyrrole nitrogens is 1. The Kier molecular flexibility index (Phi) is 3.41. The third-order valence-corrected chi connectivity index (χ3v) is 5.25. The highest BCUT2D eigenvalue weighted by atomic mass is 32.2. The summed E-state index contributed by atoms with van der Waals surface area (Å²) in [4.78, 5) is 15.6. The van der Waals surface area contributed by atoms with Crippen molar-refractivity contribution in [3.8, 4) is 5.88 Å². The van der Waals surface area contributed by atoms with Crippen molar-refractivity contribution in [2.24, 2.45) is 0 Å². The smallest absolute Gasteiger partial charge is 0.342 e. The predicted molar refractivity (Wildman–Crippen MR) is 87.6 cm³/mol. The van der Waals surface area contributed by atoms with E-state index < -0.39 is 21.6 Å². The van der Waals surface area contributed by atoms with Crippen LogP contribution in [0.25, 0.3) is 10.8 Å². The first-order valence-electron chi connectivity index (χ1n) is 6.77. The van der Waals surface area contributed by atoms with Crippen LogP contribution in [0.15, 0.2) is 52.3 Å². The second-order valence-corrected chi connectivity index (χ2v) is 7.05. The molecule has 0 aliphatic carbocycles. The highest BCUT2D eigenvalue weighted by molar-refractivity contribution is 7.90. The SMILES string of the molecule is CN(C)c1cccc2c(S(=O)(=O)n3cc(O)[nH]c3=O)cccc12.